The predicted octanol–water partition coefficient (Wildman–Crippen LogP) is 5.15. The number of methoxy groups -OCH3 is 1. The van der Waals surface area contributed by atoms with Gasteiger partial charge in [-0.1, -0.05) is 42.1 Å². The number of para-hydroxylation sites is 1. The number of aromatic nitrogens is 3. The highest BCUT2D eigenvalue weighted by molar-refractivity contribution is 7.98. The fourth-order valence-electron chi connectivity index (χ4n) is 2.68. The first-order valence-electron chi connectivity index (χ1n) is 9.04. The highest BCUT2D eigenvalue weighted by Crippen LogP contribution is 2.30. The summed E-state index contributed by atoms with van der Waals surface area (Å²) in [5.74, 6) is 3.54. The maximum atomic E-state index is 5.95. The number of rotatable bonds is 8. The van der Waals surface area contributed by atoms with E-state index in [1.807, 2.05) is 60.7 Å². The van der Waals surface area contributed by atoms with E-state index in [-0.39, 0.29) is 0 Å². The van der Waals surface area contributed by atoms with E-state index < -0.39 is 0 Å². The molecule has 0 radical (unpaired) electrons. The van der Waals surface area contributed by atoms with Crippen molar-refractivity contribution in [2.24, 2.45) is 0 Å². The van der Waals surface area contributed by atoms with Crippen LogP contribution in [0.25, 0.3) is 0 Å². The Morgan fingerprint density at radius 2 is 1.79 bits per heavy atom. The minimum atomic E-state index is 0.532. The van der Waals surface area contributed by atoms with Crippen molar-refractivity contribution in [1.82, 2.24) is 15.2 Å². The van der Waals surface area contributed by atoms with Crippen LogP contribution < -0.4 is 9.47 Å². The predicted molar refractivity (Wildman–Crippen MR) is 110 cm³/mol. The highest BCUT2D eigenvalue weighted by Gasteiger charge is 2.11. The molecule has 0 N–H and O–H groups in total. The normalized spacial score (nSPS) is 10.7. The van der Waals surface area contributed by atoms with Crippen molar-refractivity contribution in [1.29, 1.82) is 0 Å². The SMILES string of the molecule is COc1ccc(Cc2nnc(SCc3ccccc3Oc3cccnc3)o2)cc1. The summed E-state index contributed by atoms with van der Waals surface area (Å²) in [7, 11) is 1.65. The number of hydrogen-bond donors (Lipinski definition) is 0. The van der Waals surface area contributed by atoms with Crippen LogP contribution >= 0.6 is 11.8 Å². The number of pyridine rings is 1. The minimum absolute atomic E-state index is 0.532. The summed E-state index contributed by atoms with van der Waals surface area (Å²) in [6.45, 7) is 0. The summed E-state index contributed by atoms with van der Waals surface area (Å²) < 4.78 is 16.9. The van der Waals surface area contributed by atoms with Gasteiger partial charge in [-0.2, -0.15) is 0 Å². The van der Waals surface area contributed by atoms with Crippen molar-refractivity contribution < 1.29 is 13.9 Å². The Bertz CT molecular complexity index is 1050. The van der Waals surface area contributed by atoms with E-state index in [4.69, 9.17) is 13.9 Å². The molecule has 6 nitrogen and oxygen atoms in total. The van der Waals surface area contributed by atoms with Gasteiger partial charge in [0.1, 0.15) is 17.2 Å². The standard InChI is InChI=1S/C22H19N3O3S/c1-26-18-10-8-16(9-11-18)13-21-24-25-22(28-21)29-15-17-5-2-3-7-20(17)27-19-6-4-12-23-14-19/h2-12,14H,13,15H2,1H3. The van der Waals surface area contributed by atoms with E-state index in [1.165, 1.54) is 11.8 Å². The molecule has 2 aromatic heterocycles. The van der Waals surface area contributed by atoms with Crippen molar-refractivity contribution in [3.63, 3.8) is 0 Å². The Hall–Kier alpha value is -3.32. The lowest BCUT2D eigenvalue weighted by atomic mass is 10.1. The van der Waals surface area contributed by atoms with Crippen LogP contribution in [-0.2, 0) is 12.2 Å². The van der Waals surface area contributed by atoms with Crippen molar-refractivity contribution in [2.75, 3.05) is 7.11 Å². The zero-order chi connectivity index (χ0) is 19.9. The molecule has 0 saturated carbocycles. The van der Waals surface area contributed by atoms with Gasteiger partial charge in [-0.3, -0.25) is 4.98 Å². The Labute approximate surface area is 172 Å². The Morgan fingerprint density at radius 1 is 0.931 bits per heavy atom. The van der Waals surface area contributed by atoms with E-state index in [0.29, 0.717) is 29.0 Å². The fraction of sp³-hybridized carbons (Fsp3) is 0.136. The van der Waals surface area contributed by atoms with Gasteiger partial charge in [0.2, 0.25) is 5.89 Å². The summed E-state index contributed by atoms with van der Waals surface area (Å²) in [6.07, 6.45) is 3.99. The van der Waals surface area contributed by atoms with Gasteiger partial charge in [0.05, 0.1) is 19.7 Å². The van der Waals surface area contributed by atoms with E-state index in [0.717, 1.165) is 22.6 Å². The van der Waals surface area contributed by atoms with E-state index in [1.54, 1.807) is 19.5 Å². The smallest absolute Gasteiger partial charge is 0.276 e. The monoisotopic (exact) mass is 405 g/mol. The Balaban J connectivity index is 1.38. The molecule has 0 fully saturated rings. The van der Waals surface area contributed by atoms with Crippen LogP contribution in [0.2, 0.25) is 0 Å². The van der Waals surface area contributed by atoms with Crippen LogP contribution in [0, 0.1) is 0 Å². The quantitative estimate of drug-likeness (QED) is 0.376. The number of benzene rings is 2. The Morgan fingerprint density at radius 3 is 2.59 bits per heavy atom. The van der Waals surface area contributed by atoms with Gasteiger partial charge in [-0.05, 0) is 35.9 Å². The van der Waals surface area contributed by atoms with Crippen molar-refractivity contribution in [3.8, 4) is 17.2 Å². The van der Waals surface area contributed by atoms with Crippen molar-refractivity contribution >= 4 is 11.8 Å². The molecular weight excluding hydrogens is 386 g/mol. The summed E-state index contributed by atoms with van der Waals surface area (Å²) in [4.78, 5) is 4.08. The lowest BCUT2D eigenvalue weighted by Gasteiger charge is -2.09. The lowest BCUT2D eigenvalue weighted by Crippen LogP contribution is -1.90. The number of hydrogen-bond acceptors (Lipinski definition) is 7. The molecule has 0 aliphatic heterocycles. The molecule has 4 aromatic rings. The topological polar surface area (TPSA) is 70.3 Å². The minimum Gasteiger partial charge on any atom is -0.497 e. The average molecular weight is 405 g/mol. The first-order chi connectivity index (χ1) is 14.3. The molecule has 4 rings (SSSR count). The third-order valence-corrected chi connectivity index (χ3v) is 5.02. The molecule has 29 heavy (non-hydrogen) atoms. The second kappa shape index (κ2) is 9.25. The van der Waals surface area contributed by atoms with Crippen molar-refractivity contribution in [2.45, 2.75) is 17.4 Å². The third kappa shape index (κ3) is 5.14. The summed E-state index contributed by atoms with van der Waals surface area (Å²) in [6, 6.07) is 19.4. The molecule has 0 bridgehead atoms. The molecule has 0 atom stereocenters. The summed E-state index contributed by atoms with van der Waals surface area (Å²) in [5, 5.41) is 8.83. The van der Waals surface area contributed by atoms with E-state index in [2.05, 4.69) is 15.2 Å². The van der Waals surface area contributed by atoms with Gasteiger partial charge in [-0.25, -0.2) is 0 Å². The third-order valence-electron chi connectivity index (χ3n) is 4.15. The second-order valence-electron chi connectivity index (χ2n) is 6.17. The highest BCUT2D eigenvalue weighted by atomic mass is 32.2. The summed E-state index contributed by atoms with van der Waals surface area (Å²) in [5.41, 5.74) is 2.12. The molecule has 2 aromatic carbocycles. The van der Waals surface area contributed by atoms with Gasteiger partial charge < -0.3 is 13.9 Å². The number of nitrogens with zero attached hydrogens (tertiary/aromatic N) is 3. The van der Waals surface area contributed by atoms with Gasteiger partial charge in [-0.15, -0.1) is 10.2 Å². The van der Waals surface area contributed by atoms with Crippen molar-refractivity contribution in [3.05, 3.63) is 90.1 Å². The van der Waals surface area contributed by atoms with Gasteiger partial charge in [0.25, 0.3) is 5.22 Å². The molecule has 0 unspecified atom stereocenters. The maximum Gasteiger partial charge on any atom is 0.276 e. The van der Waals surface area contributed by atoms with Crippen LogP contribution in [0.4, 0.5) is 0 Å². The number of ether oxygens (including phenoxy) is 2. The fourth-order valence-corrected chi connectivity index (χ4v) is 3.45. The van der Waals surface area contributed by atoms with Crippen LogP contribution in [-0.4, -0.2) is 22.3 Å². The van der Waals surface area contributed by atoms with Crippen LogP contribution in [0.1, 0.15) is 17.0 Å². The molecular formula is C22H19N3O3S. The van der Waals surface area contributed by atoms with Gasteiger partial charge in [0.15, 0.2) is 0 Å². The summed E-state index contributed by atoms with van der Waals surface area (Å²) >= 11 is 1.48. The number of thioether (sulfide) groups is 1. The van der Waals surface area contributed by atoms with Crippen LogP contribution in [0.3, 0.4) is 0 Å². The van der Waals surface area contributed by atoms with E-state index >= 15 is 0 Å². The molecule has 0 amide bonds. The van der Waals surface area contributed by atoms with E-state index in [9.17, 15) is 0 Å². The van der Waals surface area contributed by atoms with Crippen LogP contribution in [0.5, 0.6) is 17.2 Å². The average Bonchev–Trinajstić information content (AvgIpc) is 3.22. The molecule has 0 saturated heterocycles. The maximum absolute atomic E-state index is 5.95. The zero-order valence-electron chi connectivity index (χ0n) is 15.8. The first-order valence-corrected chi connectivity index (χ1v) is 10.0. The zero-order valence-corrected chi connectivity index (χ0v) is 16.6. The van der Waals surface area contributed by atoms with Gasteiger partial charge in [0, 0.05) is 17.5 Å². The molecule has 2 heterocycles. The van der Waals surface area contributed by atoms with Gasteiger partial charge >= 0.3 is 0 Å². The Kier molecular flexibility index (Phi) is 6.07. The molecule has 146 valence electrons. The lowest BCUT2D eigenvalue weighted by molar-refractivity contribution is 0.413. The molecule has 0 aliphatic carbocycles. The second-order valence-corrected chi connectivity index (χ2v) is 7.10. The molecule has 0 aliphatic rings. The largest absolute Gasteiger partial charge is 0.497 e. The molecule has 7 heteroatoms. The van der Waals surface area contributed by atoms with Crippen LogP contribution in [0.15, 0.2) is 82.7 Å². The molecule has 0 spiro atoms. The first kappa shape index (κ1) is 19.0.